The van der Waals surface area contributed by atoms with Crippen molar-refractivity contribution in [3.8, 4) is 5.75 Å². The molecule has 0 saturated heterocycles. The van der Waals surface area contributed by atoms with E-state index in [-0.39, 0.29) is 17.6 Å². The van der Waals surface area contributed by atoms with E-state index in [1.807, 2.05) is 0 Å². The summed E-state index contributed by atoms with van der Waals surface area (Å²) in [7, 11) is 0. The SMILES string of the molecule is N=C(N)c1ccc(NC(=O)CCCOc2cccc(C(=N)N)c2)cc1. The minimum absolute atomic E-state index is 0.0103. The highest BCUT2D eigenvalue weighted by atomic mass is 16.5. The van der Waals surface area contributed by atoms with E-state index in [9.17, 15) is 4.79 Å². The molecule has 0 aliphatic rings. The Bertz CT molecular complexity index is 771. The molecule has 0 aliphatic heterocycles. The number of rotatable bonds is 8. The second-order valence-electron chi connectivity index (χ2n) is 5.43. The number of nitrogens with one attached hydrogen (secondary N) is 3. The molecule has 0 aromatic heterocycles. The largest absolute Gasteiger partial charge is 0.494 e. The molecule has 7 heteroatoms. The first-order valence-corrected chi connectivity index (χ1v) is 7.77. The monoisotopic (exact) mass is 339 g/mol. The third-order valence-corrected chi connectivity index (χ3v) is 3.44. The van der Waals surface area contributed by atoms with Crippen LogP contribution >= 0.6 is 0 Å². The molecule has 7 nitrogen and oxygen atoms in total. The maximum atomic E-state index is 11.9. The lowest BCUT2D eigenvalue weighted by Crippen LogP contribution is -2.14. The van der Waals surface area contributed by atoms with Crippen LogP contribution in [0.2, 0.25) is 0 Å². The molecule has 0 spiro atoms. The fourth-order valence-electron chi connectivity index (χ4n) is 2.13. The summed E-state index contributed by atoms with van der Waals surface area (Å²) in [6.45, 7) is 0.387. The zero-order chi connectivity index (χ0) is 18.2. The number of carbonyl (C=O) groups is 1. The Morgan fingerprint density at radius 3 is 2.32 bits per heavy atom. The van der Waals surface area contributed by atoms with Gasteiger partial charge in [-0.1, -0.05) is 12.1 Å². The average Bonchev–Trinajstić information content (AvgIpc) is 2.59. The van der Waals surface area contributed by atoms with Gasteiger partial charge >= 0.3 is 0 Å². The van der Waals surface area contributed by atoms with Crippen LogP contribution in [0.4, 0.5) is 5.69 Å². The molecule has 1 amide bonds. The third-order valence-electron chi connectivity index (χ3n) is 3.44. The second kappa shape index (κ2) is 8.49. The predicted octanol–water partition coefficient (Wildman–Crippen LogP) is 2.05. The van der Waals surface area contributed by atoms with E-state index in [1.165, 1.54) is 0 Å². The van der Waals surface area contributed by atoms with Gasteiger partial charge in [-0.05, 0) is 42.8 Å². The smallest absolute Gasteiger partial charge is 0.224 e. The number of nitrogen functional groups attached to an aromatic ring is 2. The first-order valence-electron chi connectivity index (χ1n) is 7.77. The molecule has 25 heavy (non-hydrogen) atoms. The summed E-state index contributed by atoms with van der Waals surface area (Å²) in [4.78, 5) is 11.9. The molecule has 2 rings (SSSR count). The van der Waals surface area contributed by atoms with Crippen LogP contribution in [0.5, 0.6) is 5.75 Å². The average molecular weight is 339 g/mol. The van der Waals surface area contributed by atoms with Gasteiger partial charge in [0.25, 0.3) is 0 Å². The normalized spacial score (nSPS) is 10.1. The zero-order valence-electron chi connectivity index (χ0n) is 13.7. The molecule has 2 aromatic carbocycles. The molecule has 0 saturated carbocycles. The van der Waals surface area contributed by atoms with Gasteiger partial charge in [-0.15, -0.1) is 0 Å². The van der Waals surface area contributed by atoms with Crippen molar-refractivity contribution in [1.82, 2.24) is 0 Å². The van der Waals surface area contributed by atoms with E-state index >= 15 is 0 Å². The van der Waals surface area contributed by atoms with Crippen molar-refractivity contribution >= 4 is 23.3 Å². The number of amides is 1. The molecule has 0 atom stereocenters. The van der Waals surface area contributed by atoms with Gasteiger partial charge in [0.05, 0.1) is 6.61 Å². The summed E-state index contributed by atoms with van der Waals surface area (Å²) in [5, 5.41) is 17.5. The van der Waals surface area contributed by atoms with Gasteiger partial charge < -0.3 is 21.5 Å². The molecular weight excluding hydrogens is 318 g/mol. The summed E-state index contributed by atoms with van der Waals surface area (Å²) in [5.74, 6) is 0.481. The van der Waals surface area contributed by atoms with Crippen LogP contribution in [0, 0.1) is 10.8 Å². The molecule has 0 aliphatic carbocycles. The Balaban J connectivity index is 1.74. The molecule has 0 fully saturated rings. The zero-order valence-corrected chi connectivity index (χ0v) is 13.7. The molecular formula is C18H21N5O2. The molecule has 2 aromatic rings. The third kappa shape index (κ3) is 5.65. The highest BCUT2D eigenvalue weighted by molar-refractivity contribution is 5.96. The predicted molar refractivity (Wildman–Crippen MR) is 98.3 cm³/mol. The Hall–Kier alpha value is -3.35. The van der Waals surface area contributed by atoms with Crippen LogP contribution in [0.25, 0.3) is 0 Å². The molecule has 0 bridgehead atoms. The number of carbonyl (C=O) groups excluding carboxylic acids is 1. The lowest BCUT2D eigenvalue weighted by molar-refractivity contribution is -0.116. The maximum Gasteiger partial charge on any atom is 0.224 e. The van der Waals surface area contributed by atoms with Crippen molar-refractivity contribution in [2.75, 3.05) is 11.9 Å². The number of hydrogen-bond acceptors (Lipinski definition) is 4. The maximum absolute atomic E-state index is 11.9. The molecule has 0 radical (unpaired) electrons. The van der Waals surface area contributed by atoms with E-state index in [0.29, 0.717) is 42.0 Å². The van der Waals surface area contributed by atoms with Crippen molar-refractivity contribution in [3.63, 3.8) is 0 Å². The minimum Gasteiger partial charge on any atom is -0.494 e. The number of nitrogens with two attached hydrogens (primary N) is 2. The summed E-state index contributed by atoms with van der Waals surface area (Å²) >= 11 is 0. The molecule has 0 heterocycles. The quantitative estimate of drug-likeness (QED) is 0.285. The van der Waals surface area contributed by atoms with Crippen LogP contribution in [0.3, 0.4) is 0 Å². The van der Waals surface area contributed by atoms with Crippen LogP contribution in [-0.2, 0) is 4.79 Å². The van der Waals surface area contributed by atoms with Crippen molar-refractivity contribution < 1.29 is 9.53 Å². The van der Waals surface area contributed by atoms with Crippen LogP contribution in [0.1, 0.15) is 24.0 Å². The fraction of sp³-hybridized carbons (Fsp3) is 0.167. The topological polar surface area (TPSA) is 138 Å². The Morgan fingerprint density at radius 1 is 1.00 bits per heavy atom. The number of benzene rings is 2. The van der Waals surface area contributed by atoms with E-state index in [0.717, 1.165) is 0 Å². The van der Waals surface area contributed by atoms with Gasteiger partial charge in [-0.2, -0.15) is 0 Å². The highest BCUT2D eigenvalue weighted by Gasteiger charge is 2.04. The van der Waals surface area contributed by atoms with Gasteiger partial charge in [0.1, 0.15) is 17.4 Å². The van der Waals surface area contributed by atoms with Crippen LogP contribution in [-0.4, -0.2) is 24.2 Å². The summed E-state index contributed by atoms with van der Waals surface area (Å²) < 4.78 is 5.57. The number of anilines is 1. The molecule has 0 unspecified atom stereocenters. The van der Waals surface area contributed by atoms with Gasteiger partial charge in [-0.25, -0.2) is 0 Å². The molecule has 7 N–H and O–H groups in total. The van der Waals surface area contributed by atoms with E-state index in [2.05, 4.69) is 5.32 Å². The van der Waals surface area contributed by atoms with E-state index < -0.39 is 0 Å². The number of ether oxygens (including phenoxy) is 1. The Kier molecular flexibility index (Phi) is 6.11. The van der Waals surface area contributed by atoms with Gasteiger partial charge in [0, 0.05) is 23.2 Å². The van der Waals surface area contributed by atoms with Gasteiger partial charge in [0.15, 0.2) is 0 Å². The first-order chi connectivity index (χ1) is 12.0. The summed E-state index contributed by atoms with van der Waals surface area (Å²) in [5.41, 5.74) is 12.7. The van der Waals surface area contributed by atoms with E-state index in [1.54, 1.807) is 48.5 Å². The number of amidine groups is 2. The summed E-state index contributed by atoms with van der Waals surface area (Å²) in [6.07, 6.45) is 0.878. The Labute approximate surface area is 146 Å². The van der Waals surface area contributed by atoms with Crippen molar-refractivity contribution in [2.45, 2.75) is 12.8 Å². The highest BCUT2D eigenvalue weighted by Crippen LogP contribution is 2.14. The Morgan fingerprint density at radius 2 is 1.68 bits per heavy atom. The van der Waals surface area contributed by atoms with Gasteiger partial charge in [0.2, 0.25) is 5.91 Å². The number of hydrogen-bond donors (Lipinski definition) is 5. The van der Waals surface area contributed by atoms with Crippen molar-refractivity contribution in [3.05, 3.63) is 59.7 Å². The lowest BCUT2D eigenvalue weighted by Gasteiger charge is -2.08. The summed E-state index contributed by atoms with van der Waals surface area (Å²) in [6, 6.07) is 13.8. The second-order valence-corrected chi connectivity index (χ2v) is 5.43. The fourth-order valence-corrected chi connectivity index (χ4v) is 2.13. The lowest BCUT2D eigenvalue weighted by atomic mass is 10.2. The molecule has 130 valence electrons. The van der Waals surface area contributed by atoms with Crippen LogP contribution < -0.4 is 21.5 Å². The first kappa shape index (κ1) is 18.0. The van der Waals surface area contributed by atoms with Crippen molar-refractivity contribution in [1.29, 1.82) is 10.8 Å². The van der Waals surface area contributed by atoms with Gasteiger partial charge in [-0.3, -0.25) is 15.6 Å². The minimum atomic E-state index is -0.114. The standard InChI is InChI=1S/C18H21N5O2/c19-17(20)12-6-8-14(9-7-12)23-16(24)5-2-10-25-15-4-1-3-13(11-15)18(21)22/h1,3-4,6-9,11H,2,5,10H2,(H3,19,20)(H3,21,22)(H,23,24). The van der Waals surface area contributed by atoms with E-state index in [4.69, 9.17) is 27.0 Å². The van der Waals surface area contributed by atoms with Crippen LogP contribution in [0.15, 0.2) is 48.5 Å². The van der Waals surface area contributed by atoms with Crippen molar-refractivity contribution in [2.24, 2.45) is 11.5 Å².